The van der Waals surface area contributed by atoms with Gasteiger partial charge in [-0.25, -0.2) is 0 Å². The summed E-state index contributed by atoms with van der Waals surface area (Å²) in [5, 5.41) is 8.28. The van der Waals surface area contributed by atoms with Gasteiger partial charge in [-0.1, -0.05) is 19.9 Å². The highest BCUT2D eigenvalue weighted by atomic mass is 32.1. The van der Waals surface area contributed by atoms with E-state index >= 15 is 0 Å². The minimum absolute atomic E-state index is 0.115. The molecule has 1 atom stereocenters. The zero-order chi connectivity index (χ0) is 12.7. The molecular weight excluding hydrogens is 232 g/mol. The molecule has 0 spiro atoms. The maximum Gasteiger partial charge on any atom is 0.219 e. The largest absolute Gasteiger partial charge is 0.359 e. The zero-order valence-electron chi connectivity index (χ0n) is 10.8. The Morgan fingerprint density at radius 1 is 1.47 bits per heavy atom. The Balaban J connectivity index is 2.34. The maximum atomic E-state index is 11.1. The topological polar surface area (TPSA) is 41.1 Å². The molecule has 0 aromatic carbocycles. The van der Waals surface area contributed by atoms with E-state index in [2.05, 4.69) is 42.0 Å². The van der Waals surface area contributed by atoms with E-state index in [1.54, 1.807) is 18.4 Å². The third kappa shape index (κ3) is 4.88. The molecule has 0 saturated carbocycles. The number of thiophene rings is 1. The van der Waals surface area contributed by atoms with Gasteiger partial charge in [0.05, 0.1) is 0 Å². The molecule has 0 aliphatic carbocycles. The van der Waals surface area contributed by atoms with E-state index in [4.69, 9.17) is 0 Å². The Labute approximate surface area is 108 Å². The summed E-state index contributed by atoms with van der Waals surface area (Å²) in [7, 11) is 1.68. The minimum atomic E-state index is 0.115. The Morgan fingerprint density at radius 2 is 2.24 bits per heavy atom. The summed E-state index contributed by atoms with van der Waals surface area (Å²) in [5.41, 5.74) is 0. The van der Waals surface area contributed by atoms with Crippen molar-refractivity contribution >= 4 is 17.2 Å². The molecule has 1 rings (SSSR count). The Bertz CT molecular complexity index is 322. The molecule has 1 amide bonds. The van der Waals surface area contributed by atoms with Crippen molar-refractivity contribution in [3.63, 3.8) is 0 Å². The molecule has 0 radical (unpaired) electrons. The van der Waals surface area contributed by atoms with Crippen LogP contribution in [0.1, 0.15) is 37.6 Å². The van der Waals surface area contributed by atoms with Gasteiger partial charge in [0.15, 0.2) is 0 Å². The number of hydrogen-bond acceptors (Lipinski definition) is 3. The number of amides is 1. The standard InChI is InChI=1S/C13H22N2OS/c1-10(2)13(11-6-5-9-17-11)15-8-4-7-12(16)14-3/h5-6,9-10,13,15H,4,7-8H2,1-3H3,(H,14,16). The predicted molar refractivity (Wildman–Crippen MR) is 73.2 cm³/mol. The van der Waals surface area contributed by atoms with Crippen LogP contribution in [0.15, 0.2) is 17.5 Å². The van der Waals surface area contributed by atoms with Crippen molar-refractivity contribution in [3.8, 4) is 0 Å². The van der Waals surface area contributed by atoms with Crippen LogP contribution < -0.4 is 10.6 Å². The number of carbonyl (C=O) groups is 1. The van der Waals surface area contributed by atoms with Crippen LogP contribution in [0.5, 0.6) is 0 Å². The molecule has 17 heavy (non-hydrogen) atoms. The van der Waals surface area contributed by atoms with E-state index in [-0.39, 0.29) is 5.91 Å². The fourth-order valence-corrected chi connectivity index (χ4v) is 2.74. The van der Waals surface area contributed by atoms with Crippen molar-refractivity contribution in [2.45, 2.75) is 32.7 Å². The lowest BCUT2D eigenvalue weighted by Crippen LogP contribution is -2.27. The summed E-state index contributed by atoms with van der Waals surface area (Å²) < 4.78 is 0. The van der Waals surface area contributed by atoms with Crippen LogP contribution in [-0.4, -0.2) is 19.5 Å². The normalized spacial score (nSPS) is 12.7. The molecule has 3 nitrogen and oxygen atoms in total. The third-order valence-corrected chi connectivity index (χ3v) is 3.70. The van der Waals surface area contributed by atoms with Gasteiger partial charge >= 0.3 is 0 Å². The average molecular weight is 254 g/mol. The summed E-state index contributed by atoms with van der Waals surface area (Å²) in [6.45, 7) is 5.32. The highest BCUT2D eigenvalue weighted by Gasteiger charge is 2.15. The SMILES string of the molecule is CNC(=O)CCCNC(c1cccs1)C(C)C. The number of carbonyl (C=O) groups excluding carboxylic acids is 1. The van der Waals surface area contributed by atoms with Crippen LogP contribution in [0, 0.1) is 5.92 Å². The smallest absolute Gasteiger partial charge is 0.219 e. The van der Waals surface area contributed by atoms with Gasteiger partial charge in [-0.05, 0) is 30.3 Å². The average Bonchev–Trinajstić information content (AvgIpc) is 2.81. The maximum absolute atomic E-state index is 11.1. The van der Waals surface area contributed by atoms with Crippen molar-refractivity contribution in [1.82, 2.24) is 10.6 Å². The van der Waals surface area contributed by atoms with Gasteiger partial charge in [-0.2, -0.15) is 0 Å². The molecule has 96 valence electrons. The molecule has 0 bridgehead atoms. The summed E-state index contributed by atoms with van der Waals surface area (Å²) in [6, 6.07) is 4.66. The summed E-state index contributed by atoms with van der Waals surface area (Å²) in [4.78, 5) is 12.5. The molecule has 4 heteroatoms. The summed E-state index contributed by atoms with van der Waals surface area (Å²) >= 11 is 1.79. The predicted octanol–water partition coefficient (Wildman–Crippen LogP) is 2.56. The molecular formula is C13H22N2OS. The van der Waals surface area contributed by atoms with Crippen LogP contribution in [0.4, 0.5) is 0 Å². The molecule has 1 aromatic heterocycles. The quantitative estimate of drug-likeness (QED) is 0.734. The van der Waals surface area contributed by atoms with Crippen LogP contribution >= 0.6 is 11.3 Å². The summed E-state index contributed by atoms with van der Waals surface area (Å²) in [5.74, 6) is 0.678. The van der Waals surface area contributed by atoms with Gasteiger partial charge in [-0.3, -0.25) is 4.79 Å². The first-order valence-corrected chi connectivity index (χ1v) is 7.00. The van der Waals surface area contributed by atoms with Gasteiger partial charge in [0.2, 0.25) is 5.91 Å². The lowest BCUT2D eigenvalue weighted by Gasteiger charge is -2.21. The van der Waals surface area contributed by atoms with E-state index in [0.717, 1.165) is 13.0 Å². The van der Waals surface area contributed by atoms with E-state index in [1.807, 2.05) is 0 Å². The highest BCUT2D eigenvalue weighted by molar-refractivity contribution is 7.10. The first kappa shape index (κ1) is 14.2. The molecule has 1 aromatic rings. The highest BCUT2D eigenvalue weighted by Crippen LogP contribution is 2.25. The van der Waals surface area contributed by atoms with Gasteiger partial charge < -0.3 is 10.6 Å². The van der Waals surface area contributed by atoms with Crippen LogP contribution in [0.25, 0.3) is 0 Å². The number of rotatable bonds is 7. The first-order chi connectivity index (χ1) is 8.15. The van der Waals surface area contributed by atoms with Gasteiger partial charge in [0.25, 0.3) is 0 Å². The van der Waals surface area contributed by atoms with Crippen molar-refractivity contribution in [2.75, 3.05) is 13.6 Å². The zero-order valence-corrected chi connectivity index (χ0v) is 11.6. The van der Waals surface area contributed by atoms with Crippen molar-refractivity contribution in [1.29, 1.82) is 0 Å². The monoisotopic (exact) mass is 254 g/mol. The second kappa shape index (κ2) is 7.45. The second-order valence-corrected chi connectivity index (χ2v) is 5.45. The molecule has 0 saturated heterocycles. The first-order valence-electron chi connectivity index (χ1n) is 6.12. The molecule has 1 heterocycles. The number of hydrogen-bond donors (Lipinski definition) is 2. The lowest BCUT2D eigenvalue weighted by molar-refractivity contribution is -0.120. The molecule has 2 N–H and O–H groups in total. The van der Waals surface area contributed by atoms with Crippen LogP contribution in [0.3, 0.4) is 0 Å². The van der Waals surface area contributed by atoms with E-state index < -0.39 is 0 Å². The van der Waals surface area contributed by atoms with Gasteiger partial charge in [0.1, 0.15) is 0 Å². The van der Waals surface area contributed by atoms with E-state index in [1.165, 1.54) is 4.88 Å². The van der Waals surface area contributed by atoms with Crippen molar-refractivity contribution < 1.29 is 4.79 Å². The Kier molecular flexibility index (Phi) is 6.22. The molecule has 0 aliphatic heterocycles. The Morgan fingerprint density at radius 3 is 2.76 bits per heavy atom. The Hall–Kier alpha value is -0.870. The third-order valence-electron chi connectivity index (χ3n) is 2.74. The van der Waals surface area contributed by atoms with Crippen LogP contribution in [-0.2, 0) is 4.79 Å². The van der Waals surface area contributed by atoms with Gasteiger partial charge in [0, 0.05) is 24.4 Å². The molecule has 0 aliphatic rings. The number of nitrogens with one attached hydrogen (secondary N) is 2. The minimum Gasteiger partial charge on any atom is -0.359 e. The molecule has 0 fully saturated rings. The van der Waals surface area contributed by atoms with Crippen molar-refractivity contribution in [3.05, 3.63) is 22.4 Å². The second-order valence-electron chi connectivity index (χ2n) is 4.47. The fraction of sp³-hybridized carbons (Fsp3) is 0.615. The summed E-state index contributed by atoms with van der Waals surface area (Å²) in [6.07, 6.45) is 1.48. The lowest BCUT2D eigenvalue weighted by atomic mass is 10.0. The van der Waals surface area contributed by atoms with E-state index in [0.29, 0.717) is 18.4 Å². The van der Waals surface area contributed by atoms with Crippen LogP contribution in [0.2, 0.25) is 0 Å². The van der Waals surface area contributed by atoms with Gasteiger partial charge in [-0.15, -0.1) is 11.3 Å². The fourth-order valence-electron chi connectivity index (χ4n) is 1.76. The van der Waals surface area contributed by atoms with Crippen molar-refractivity contribution in [2.24, 2.45) is 5.92 Å². The molecule has 1 unspecified atom stereocenters. The van der Waals surface area contributed by atoms with E-state index in [9.17, 15) is 4.79 Å².